The van der Waals surface area contributed by atoms with Gasteiger partial charge in [-0.15, -0.1) is 0 Å². The van der Waals surface area contributed by atoms with Crippen LogP contribution >= 0.6 is 0 Å². The first-order valence-electron chi connectivity index (χ1n) is 3.50. The summed E-state index contributed by atoms with van der Waals surface area (Å²) in [7, 11) is 0. The second-order valence-corrected chi connectivity index (χ2v) is 2.03. The van der Waals surface area contributed by atoms with Crippen LogP contribution in [0.25, 0.3) is 0 Å². The van der Waals surface area contributed by atoms with E-state index in [0.29, 0.717) is 19.5 Å². The lowest BCUT2D eigenvalue weighted by Crippen LogP contribution is -2.26. The van der Waals surface area contributed by atoms with Crippen LogP contribution in [0.3, 0.4) is 0 Å². The highest BCUT2D eigenvalue weighted by molar-refractivity contribution is 4.71. The monoisotopic (exact) mass is 144 g/mol. The van der Waals surface area contributed by atoms with Gasteiger partial charge in [0.15, 0.2) is 0 Å². The van der Waals surface area contributed by atoms with Crippen LogP contribution in [0, 0.1) is 11.3 Å². The van der Waals surface area contributed by atoms with Crippen molar-refractivity contribution < 1.29 is 4.39 Å². The van der Waals surface area contributed by atoms with E-state index in [9.17, 15) is 4.39 Å². The molecule has 0 amide bonds. The maximum absolute atomic E-state index is 11.7. The molecule has 0 spiro atoms. The normalized spacial score (nSPS) is 9.80. The first-order chi connectivity index (χ1) is 4.85. The fourth-order valence-corrected chi connectivity index (χ4v) is 0.756. The Morgan fingerprint density at radius 3 is 2.60 bits per heavy atom. The van der Waals surface area contributed by atoms with Crippen molar-refractivity contribution in [3.8, 4) is 6.07 Å². The SMILES string of the molecule is CCN(CCF)CCC#N. The minimum absolute atomic E-state index is 0.320. The molecule has 58 valence electrons. The highest BCUT2D eigenvalue weighted by Gasteiger charge is 1.98. The smallest absolute Gasteiger partial charge is 0.102 e. The van der Waals surface area contributed by atoms with Crippen molar-refractivity contribution in [1.82, 2.24) is 4.90 Å². The molecule has 0 heterocycles. The van der Waals surface area contributed by atoms with Gasteiger partial charge in [-0.3, -0.25) is 4.90 Å². The van der Waals surface area contributed by atoms with Crippen LogP contribution in [0.1, 0.15) is 13.3 Å². The molecule has 0 N–H and O–H groups in total. The number of hydrogen-bond donors (Lipinski definition) is 0. The minimum atomic E-state index is -0.320. The molecular weight excluding hydrogens is 131 g/mol. The molecule has 0 unspecified atom stereocenters. The second-order valence-electron chi connectivity index (χ2n) is 2.03. The molecule has 0 aliphatic carbocycles. The van der Waals surface area contributed by atoms with Crippen LogP contribution in [-0.4, -0.2) is 31.2 Å². The molecule has 2 nitrogen and oxygen atoms in total. The number of hydrogen-bond acceptors (Lipinski definition) is 2. The standard InChI is InChI=1S/C7H13FN2/c1-2-10(7-4-8)6-3-5-9/h2-4,6-7H2,1H3. The Morgan fingerprint density at radius 2 is 2.20 bits per heavy atom. The molecular formula is C7H13FN2. The molecule has 0 aromatic carbocycles. The first kappa shape index (κ1) is 9.38. The Labute approximate surface area is 61.2 Å². The Bertz CT molecular complexity index is 109. The van der Waals surface area contributed by atoms with Gasteiger partial charge < -0.3 is 0 Å². The summed E-state index contributed by atoms with van der Waals surface area (Å²) in [6.45, 7) is 3.62. The number of halogens is 1. The fraction of sp³-hybridized carbons (Fsp3) is 0.857. The van der Waals surface area contributed by atoms with Crippen molar-refractivity contribution in [3.05, 3.63) is 0 Å². The number of rotatable bonds is 5. The van der Waals surface area contributed by atoms with Crippen LogP contribution in [0.2, 0.25) is 0 Å². The molecule has 0 saturated heterocycles. The fourth-order valence-electron chi connectivity index (χ4n) is 0.756. The molecule has 10 heavy (non-hydrogen) atoms. The van der Waals surface area contributed by atoms with E-state index >= 15 is 0 Å². The third-order valence-corrected chi connectivity index (χ3v) is 1.39. The van der Waals surface area contributed by atoms with E-state index in [-0.39, 0.29) is 6.67 Å². The van der Waals surface area contributed by atoms with Crippen LogP contribution in [0.4, 0.5) is 4.39 Å². The molecule has 0 saturated carbocycles. The minimum Gasteiger partial charge on any atom is -0.300 e. The summed E-state index contributed by atoms with van der Waals surface area (Å²) in [5, 5.41) is 8.21. The summed E-state index contributed by atoms with van der Waals surface area (Å²) in [5.41, 5.74) is 0. The molecule has 0 aliphatic heterocycles. The lowest BCUT2D eigenvalue weighted by atomic mass is 10.4. The Morgan fingerprint density at radius 1 is 1.50 bits per heavy atom. The van der Waals surface area contributed by atoms with E-state index in [2.05, 4.69) is 0 Å². The van der Waals surface area contributed by atoms with Gasteiger partial charge in [-0.05, 0) is 6.54 Å². The quantitative estimate of drug-likeness (QED) is 0.579. The highest BCUT2D eigenvalue weighted by Crippen LogP contribution is 1.89. The van der Waals surface area contributed by atoms with Gasteiger partial charge in [0, 0.05) is 19.5 Å². The molecule has 0 atom stereocenters. The van der Waals surface area contributed by atoms with Gasteiger partial charge in [0.2, 0.25) is 0 Å². The van der Waals surface area contributed by atoms with E-state index < -0.39 is 0 Å². The molecule has 0 aliphatic rings. The van der Waals surface area contributed by atoms with Crippen molar-refractivity contribution >= 4 is 0 Å². The lowest BCUT2D eigenvalue weighted by molar-refractivity contribution is 0.264. The van der Waals surface area contributed by atoms with Gasteiger partial charge in [0.25, 0.3) is 0 Å². The largest absolute Gasteiger partial charge is 0.300 e. The molecule has 0 rings (SSSR count). The van der Waals surface area contributed by atoms with Gasteiger partial charge in [0.05, 0.1) is 6.07 Å². The van der Waals surface area contributed by atoms with Crippen LogP contribution < -0.4 is 0 Å². The molecule has 0 aromatic rings. The predicted molar refractivity (Wildman–Crippen MR) is 38.3 cm³/mol. The summed E-state index contributed by atoms with van der Waals surface area (Å²) >= 11 is 0. The highest BCUT2D eigenvalue weighted by atomic mass is 19.1. The molecule has 0 aromatic heterocycles. The van der Waals surface area contributed by atoms with E-state index in [1.165, 1.54) is 0 Å². The molecule has 0 bridgehead atoms. The first-order valence-corrected chi connectivity index (χ1v) is 3.50. The van der Waals surface area contributed by atoms with Gasteiger partial charge in [-0.2, -0.15) is 5.26 Å². The predicted octanol–water partition coefficient (Wildman–Crippen LogP) is 1.19. The van der Waals surface area contributed by atoms with Gasteiger partial charge in [0.1, 0.15) is 6.67 Å². The van der Waals surface area contributed by atoms with Crippen molar-refractivity contribution in [3.63, 3.8) is 0 Å². The maximum atomic E-state index is 11.7. The topological polar surface area (TPSA) is 27.0 Å². The van der Waals surface area contributed by atoms with Crippen molar-refractivity contribution in [2.24, 2.45) is 0 Å². The third kappa shape index (κ3) is 4.28. The zero-order valence-electron chi connectivity index (χ0n) is 6.31. The summed E-state index contributed by atoms with van der Waals surface area (Å²) in [4.78, 5) is 1.92. The van der Waals surface area contributed by atoms with Gasteiger partial charge >= 0.3 is 0 Å². The molecule has 0 fully saturated rings. The summed E-state index contributed by atoms with van der Waals surface area (Å²) in [6.07, 6.45) is 0.494. The summed E-state index contributed by atoms with van der Waals surface area (Å²) in [6, 6.07) is 2.03. The van der Waals surface area contributed by atoms with Crippen LogP contribution in [0.5, 0.6) is 0 Å². The Balaban J connectivity index is 3.32. The van der Waals surface area contributed by atoms with E-state index in [1.807, 2.05) is 17.9 Å². The second kappa shape index (κ2) is 6.50. The van der Waals surface area contributed by atoms with Crippen molar-refractivity contribution in [1.29, 1.82) is 5.26 Å². The van der Waals surface area contributed by atoms with Crippen molar-refractivity contribution in [2.75, 3.05) is 26.3 Å². The van der Waals surface area contributed by atoms with Crippen LogP contribution in [-0.2, 0) is 0 Å². The number of nitriles is 1. The molecule has 0 radical (unpaired) electrons. The van der Waals surface area contributed by atoms with Crippen molar-refractivity contribution in [2.45, 2.75) is 13.3 Å². The van der Waals surface area contributed by atoms with Gasteiger partial charge in [-0.1, -0.05) is 6.92 Å². The summed E-state index contributed by atoms with van der Waals surface area (Å²) in [5.74, 6) is 0. The number of alkyl halides is 1. The maximum Gasteiger partial charge on any atom is 0.102 e. The Kier molecular flexibility index (Phi) is 6.10. The van der Waals surface area contributed by atoms with Gasteiger partial charge in [-0.25, -0.2) is 4.39 Å². The van der Waals surface area contributed by atoms with Crippen LogP contribution in [0.15, 0.2) is 0 Å². The average Bonchev–Trinajstić information content (AvgIpc) is 1.98. The number of nitrogens with zero attached hydrogens (tertiary/aromatic N) is 2. The zero-order valence-corrected chi connectivity index (χ0v) is 6.31. The third-order valence-electron chi connectivity index (χ3n) is 1.39. The lowest BCUT2D eigenvalue weighted by Gasteiger charge is -2.15. The van der Waals surface area contributed by atoms with E-state index in [1.54, 1.807) is 0 Å². The average molecular weight is 144 g/mol. The summed E-state index contributed by atoms with van der Waals surface area (Å²) < 4.78 is 11.7. The zero-order chi connectivity index (χ0) is 7.82. The molecule has 3 heteroatoms. The Hall–Kier alpha value is -0.620. The van der Waals surface area contributed by atoms with E-state index in [4.69, 9.17) is 5.26 Å². The van der Waals surface area contributed by atoms with E-state index in [0.717, 1.165) is 6.54 Å².